The van der Waals surface area contributed by atoms with Crippen LogP contribution >= 0.6 is 0 Å². The largest absolute Gasteiger partial charge is 0.469 e. The zero-order valence-electron chi connectivity index (χ0n) is 14.7. The minimum Gasteiger partial charge on any atom is -0.469 e. The second-order valence-electron chi connectivity index (χ2n) is 5.67. The van der Waals surface area contributed by atoms with Crippen LogP contribution in [0.3, 0.4) is 0 Å². The Kier molecular flexibility index (Phi) is 7.59. The molecule has 1 aromatic rings. The molecular formula is C15H20N4O7. The topological polar surface area (TPSA) is 136 Å². The summed E-state index contributed by atoms with van der Waals surface area (Å²) < 4.78 is 4.55. The van der Waals surface area contributed by atoms with Crippen molar-refractivity contribution in [1.29, 1.82) is 0 Å². The molecule has 1 amide bonds. The van der Waals surface area contributed by atoms with Crippen LogP contribution in [0.4, 0.5) is 11.4 Å². The van der Waals surface area contributed by atoms with Crippen molar-refractivity contribution in [1.82, 2.24) is 9.80 Å². The highest BCUT2D eigenvalue weighted by atomic mass is 16.6. The van der Waals surface area contributed by atoms with Crippen LogP contribution in [-0.4, -0.2) is 72.4 Å². The molecule has 0 atom stereocenters. The second kappa shape index (κ2) is 9.42. The molecule has 0 aromatic heterocycles. The van der Waals surface area contributed by atoms with E-state index >= 15 is 0 Å². The number of nitrogens with zero attached hydrogens (tertiary/aromatic N) is 4. The fourth-order valence-electron chi connectivity index (χ4n) is 2.08. The maximum absolute atomic E-state index is 12.7. The van der Waals surface area contributed by atoms with Gasteiger partial charge in [0, 0.05) is 31.8 Å². The van der Waals surface area contributed by atoms with E-state index in [2.05, 4.69) is 4.74 Å². The number of rotatable bonds is 9. The van der Waals surface area contributed by atoms with Gasteiger partial charge in [-0.05, 0) is 14.1 Å². The van der Waals surface area contributed by atoms with E-state index in [1.807, 2.05) is 4.90 Å². The van der Waals surface area contributed by atoms with E-state index in [-0.39, 0.29) is 25.1 Å². The molecule has 0 radical (unpaired) electrons. The summed E-state index contributed by atoms with van der Waals surface area (Å²) in [4.78, 5) is 47.5. The van der Waals surface area contributed by atoms with Gasteiger partial charge in [0.05, 0.1) is 35.0 Å². The average molecular weight is 368 g/mol. The van der Waals surface area contributed by atoms with Gasteiger partial charge in [-0.25, -0.2) is 0 Å². The summed E-state index contributed by atoms with van der Waals surface area (Å²) in [6.07, 6.45) is -0.0628. The van der Waals surface area contributed by atoms with Gasteiger partial charge < -0.3 is 14.5 Å². The number of non-ortho nitro benzene ring substituents is 2. The van der Waals surface area contributed by atoms with Gasteiger partial charge in [-0.1, -0.05) is 0 Å². The first kappa shape index (κ1) is 21.0. The third-order valence-electron chi connectivity index (χ3n) is 3.49. The summed E-state index contributed by atoms with van der Waals surface area (Å²) in [5.74, 6) is -1.15. The summed E-state index contributed by atoms with van der Waals surface area (Å²) in [5.41, 5.74) is -1.29. The smallest absolute Gasteiger partial charge is 0.307 e. The number of nitro groups is 2. The predicted molar refractivity (Wildman–Crippen MR) is 90.8 cm³/mol. The van der Waals surface area contributed by atoms with E-state index in [0.717, 1.165) is 18.2 Å². The summed E-state index contributed by atoms with van der Waals surface area (Å²) in [5, 5.41) is 22.0. The normalized spacial score (nSPS) is 10.5. The van der Waals surface area contributed by atoms with Crippen LogP contribution in [0.1, 0.15) is 16.8 Å². The Balaban J connectivity index is 3.16. The van der Waals surface area contributed by atoms with Crippen LogP contribution in [0.15, 0.2) is 18.2 Å². The number of hydrogen-bond donors (Lipinski definition) is 0. The minimum absolute atomic E-state index is 0.0236. The quantitative estimate of drug-likeness (QED) is 0.359. The first-order chi connectivity index (χ1) is 12.1. The Labute approximate surface area is 149 Å². The molecule has 26 heavy (non-hydrogen) atoms. The first-order valence-electron chi connectivity index (χ1n) is 7.60. The van der Waals surface area contributed by atoms with Gasteiger partial charge in [0.2, 0.25) is 0 Å². The monoisotopic (exact) mass is 368 g/mol. The molecule has 0 aliphatic rings. The van der Waals surface area contributed by atoms with Crippen LogP contribution in [0, 0.1) is 20.2 Å². The molecule has 0 unspecified atom stereocenters. The molecule has 0 aliphatic carbocycles. The Morgan fingerprint density at radius 1 is 1.00 bits per heavy atom. The first-order valence-corrected chi connectivity index (χ1v) is 7.60. The Hall–Kier alpha value is -3.08. The molecule has 0 saturated carbocycles. The Morgan fingerprint density at radius 2 is 1.54 bits per heavy atom. The van der Waals surface area contributed by atoms with Crippen molar-refractivity contribution in [2.75, 3.05) is 40.8 Å². The van der Waals surface area contributed by atoms with Crippen LogP contribution in [0.5, 0.6) is 0 Å². The van der Waals surface area contributed by atoms with Crippen LogP contribution in [0.2, 0.25) is 0 Å². The number of carbonyl (C=O) groups excluding carboxylic acids is 2. The van der Waals surface area contributed by atoms with Crippen molar-refractivity contribution in [3.8, 4) is 0 Å². The van der Waals surface area contributed by atoms with Gasteiger partial charge in [0.15, 0.2) is 0 Å². The van der Waals surface area contributed by atoms with Gasteiger partial charge in [-0.15, -0.1) is 0 Å². The predicted octanol–water partition coefficient (Wildman–Crippen LogP) is 1.07. The van der Waals surface area contributed by atoms with Crippen LogP contribution < -0.4 is 0 Å². The molecule has 0 aliphatic heterocycles. The standard InChI is InChI=1S/C15H20N4O7/c1-16(2)6-7-17(5-4-14(20)26-3)15(21)11-8-12(18(22)23)10-13(9-11)19(24)25/h8-10H,4-7H2,1-3H3. The molecule has 0 bridgehead atoms. The SMILES string of the molecule is COC(=O)CCN(CCN(C)C)C(=O)c1cc([N+](=O)[O-])cc([N+](=O)[O-])c1. The number of nitro benzene ring substituents is 2. The number of amides is 1. The molecule has 0 fully saturated rings. The number of hydrogen-bond acceptors (Lipinski definition) is 8. The van der Waals surface area contributed by atoms with Gasteiger partial charge in [-0.2, -0.15) is 0 Å². The second-order valence-corrected chi connectivity index (χ2v) is 5.67. The van der Waals surface area contributed by atoms with Crippen molar-refractivity contribution in [2.45, 2.75) is 6.42 Å². The van der Waals surface area contributed by atoms with Crippen molar-refractivity contribution in [3.63, 3.8) is 0 Å². The van der Waals surface area contributed by atoms with E-state index in [0.29, 0.717) is 6.54 Å². The molecule has 0 N–H and O–H groups in total. The van der Waals surface area contributed by atoms with E-state index in [4.69, 9.17) is 0 Å². The Bertz CT molecular complexity index is 673. The van der Waals surface area contributed by atoms with E-state index in [1.54, 1.807) is 14.1 Å². The molecule has 1 aromatic carbocycles. The van der Waals surface area contributed by atoms with Crippen molar-refractivity contribution < 1.29 is 24.2 Å². The fraction of sp³-hybridized carbons (Fsp3) is 0.467. The lowest BCUT2D eigenvalue weighted by Crippen LogP contribution is -2.38. The number of methoxy groups -OCH3 is 1. The Morgan fingerprint density at radius 3 is 1.96 bits per heavy atom. The molecule has 0 saturated heterocycles. The number of carbonyl (C=O) groups is 2. The third kappa shape index (κ3) is 6.09. The molecular weight excluding hydrogens is 348 g/mol. The lowest BCUT2D eigenvalue weighted by Gasteiger charge is -2.24. The number of benzene rings is 1. The molecule has 0 spiro atoms. The summed E-state index contributed by atoms with van der Waals surface area (Å²) in [6, 6.07) is 2.75. The highest BCUT2D eigenvalue weighted by Gasteiger charge is 2.23. The zero-order chi connectivity index (χ0) is 19.9. The van der Waals surface area contributed by atoms with Crippen molar-refractivity contribution in [2.24, 2.45) is 0 Å². The number of ether oxygens (including phenoxy) is 1. The fourth-order valence-corrected chi connectivity index (χ4v) is 2.08. The molecule has 11 heteroatoms. The van der Waals surface area contributed by atoms with Gasteiger partial charge in [0.25, 0.3) is 17.3 Å². The highest BCUT2D eigenvalue weighted by molar-refractivity contribution is 5.95. The maximum Gasteiger partial charge on any atom is 0.307 e. The number of likely N-dealkylation sites (N-methyl/N-ethyl adjacent to an activating group) is 1. The highest BCUT2D eigenvalue weighted by Crippen LogP contribution is 2.23. The van der Waals surface area contributed by atoms with E-state index in [9.17, 15) is 29.8 Å². The number of esters is 1. The zero-order valence-corrected chi connectivity index (χ0v) is 14.7. The summed E-state index contributed by atoms with van der Waals surface area (Å²) in [6.45, 7) is 0.735. The molecule has 1 rings (SSSR count). The average Bonchev–Trinajstić information content (AvgIpc) is 2.60. The van der Waals surface area contributed by atoms with E-state index < -0.39 is 33.1 Å². The maximum atomic E-state index is 12.7. The lowest BCUT2D eigenvalue weighted by atomic mass is 10.1. The summed E-state index contributed by atoms with van der Waals surface area (Å²) in [7, 11) is 4.81. The lowest BCUT2D eigenvalue weighted by molar-refractivity contribution is -0.394. The third-order valence-corrected chi connectivity index (χ3v) is 3.49. The minimum atomic E-state index is -0.803. The van der Waals surface area contributed by atoms with Crippen LogP contribution in [-0.2, 0) is 9.53 Å². The molecule has 0 heterocycles. The van der Waals surface area contributed by atoms with Gasteiger partial charge in [-0.3, -0.25) is 29.8 Å². The van der Waals surface area contributed by atoms with Crippen molar-refractivity contribution in [3.05, 3.63) is 44.0 Å². The summed E-state index contributed by atoms with van der Waals surface area (Å²) >= 11 is 0. The van der Waals surface area contributed by atoms with Gasteiger partial charge in [0.1, 0.15) is 0 Å². The molecule has 11 nitrogen and oxygen atoms in total. The van der Waals surface area contributed by atoms with Gasteiger partial charge >= 0.3 is 5.97 Å². The van der Waals surface area contributed by atoms with Crippen LogP contribution in [0.25, 0.3) is 0 Å². The molecule has 142 valence electrons. The van der Waals surface area contributed by atoms with Crippen molar-refractivity contribution >= 4 is 23.3 Å². The van der Waals surface area contributed by atoms with E-state index in [1.165, 1.54) is 12.0 Å².